The van der Waals surface area contributed by atoms with Crippen LogP contribution in [0.25, 0.3) is 0 Å². The molecule has 0 spiro atoms. The molecular weight excluding hydrogens is 290 g/mol. The SMILES string of the molecule is CC(C#N)(NC(=O)CN1CCN(c2ccccn2)CC1)C1CC1. The van der Waals surface area contributed by atoms with Gasteiger partial charge in [0.15, 0.2) is 0 Å². The van der Waals surface area contributed by atoms with Crippen LogP contribution in [0.1, 0.15) is 19.8 Å². The summed E-state index contributed by atoms with van der Waals surface area (Å²) in [6.07, 6.45) is 3.87. The number of hydrogen-bond donors (Lipinski definition) is 1. The zero-order chi connectivity index (χ0) is 16.3. The lowest BCUT2D eigenvalue weighted by molar-refractivity contribution is -0.123. The van der Waals surface area contributed by atoms with Crippen molar-refractivity contribution in [2.75, 3.05) is 37.6 Å². The van der Waals surface area contributed by atoms with Crippen molar-refractivity contribution in [3.63, 3.8) is 0 Å². The smallest absolute Gasteiger partial charge is 0.235 e. The van der Waals surface area contributed by atoms with Crippen LogP contribution in [0.3, 0.4) is 0 Å². The highest BCUT2D eigenvalue weighted by Crippen LogP contribution is 2.39. The van der Waals surface area contributed by atoms with Gasteiger partial charge < -0.3 is 10.2 Å². The van der Waals surface area contributed by atoms with Gasteiger partial charge in [0.1, 0.15) is 11.4 Å². The van der Waals surface area contributed by atoms with Crippen molar-refractivity contribution in [1.82, 2.24) is 15.2 Å². The zero-order valence-electron chi connectivity index (χ0n) is 13.5. The van der Waals surface area contributed by atoms with Crippen molar-refractivity contribution in [2.24, 2.45) is 5.92 Å². The number of aromatic nitrogens is 1. The van der Waals surface area contributed by atoms with E-state index in [1.54, 1.807) is 6.20 Å². The highest BCUT2D eigenvalue weighted by molar-refractivity contribution is 5.79. The molecule has 2 heterocycles. The first-order chi connectivity index (χ1) is 11.1. The maximum atomic E-state index is 12.2. The Morgan fingerprint density at radius 3 is 2.70 bits per heavy atom. The second-order valence-electron chi connectivity index (χ2n) is 6.59. The van der Waals surface area contributed by atoms with Gasteiger partial charge in [-0.1, -0.05) is 6.07 Å². The first kappa shape index (κ1) is 15.8. The maximum Gasteiger partial charge on any atom is 0.235 e. The lowest BCUT2D eigenvalue weighted by Crippen LogP contribution is -2.53. The van der Waals surface area contributed by atoms with Gasteiger partial charge in [0.05, 0.1) is 12.6 Å². The molecule has 1 aliphatic heterocycles. The number of carbonyl (C=O) groups excluding carboxylic acids is 1. The molecule has 0 bridgehead atoms. The molecule has 6 heteroatoms. The summed E-state index contributed by atoms with van der Waals surface area (Å²) in [5, 5.41) is 12.2. The van der Waals surface area contributed by atoms with E-state index in [2.05, 4.69) is 26.2 Å². The van der Waals surface area contributed by atoms with Crippen LogP contribution >= 0.6 is 0 Å². The molecule has 2 fully saturated rings. The largest absolute Gasteiger partial charge is 0.354 e. The molecule has 122 valence electrons. The Labute approximate surface area is 137 Å². The van der Waals surface area contributed by atoms with Gasteiger partial charge in [0, 0.05) is 32.4 Å². The Morgan fingerprint density at radius 1 is 1.39 bits per heavy atom. The minimum Gasteiger partial charge on any atom is -0.354 e. The van der Waals surface area contributed by atoms with Crippen LogP contribution in [0, 0.1) is 17.2 Å². The molecule has 1 saturated heterocycles. The van der Waals surface area contributed by atoms with Gasteiger partial charge >= 0.3 is 0 Å². The van der Waals surface area contributed by atoms with Crippen LogP contribution in [0.4, 0.5) is 5.82 Å². The fraction of sp³-hybridized carbons (Fsp3) is 0.588. The molecule has 1 saturated carbocycles. The van der Waals surface area contributed by atoms with Gasteiger partial charge in [0.2, 0.25) is 5.91 Å². The number of hydrogen-bond acceptors (Lipinski definition) is 5. The van der Waals surface area contributed by atoms with E-state index in [9.17, 15) is 10.1 Å². The van der Waals surface area contributed by atoms with E-state index in [1.165, 1.54) is 0 Å². The van der Waals surface area contributed by atoms with Gasteiger partial charge in [-0.2, -0.15) is 5.26 Å². The van der Waals surface area contributed by atoms with Crippen molar-refractivity contribution in [3.8, 4) is 6.07 Å². The van der Waals surface area contributed by atoms with Crippen molar-refractivity contribution in [3.05, 3.63) is 24.4 Å². The molecule has 1 unspecified atom stereocenters. The molecule has 0 radical (unpaired) electrons. The highest BCUT2D eigenvalue weighted by atomic mass is 16.2. The average molecular weight is 313 g/mol. The predicted molar refractivity (Wildman–Crippen MR) is 87.8 cm³/mol. The van der Waals surface area contributed by atoms with Crippen LogP contribution in [-0.4, -0.2) is 54.1 Å². The Balaban J connectivity index is 1.47. The molecule has 3 rings (SSSR count). The number of carbonyl (C=O) groups is 1. The van der Waals surface area contributed by atoms with Crippen molar-refractivity contribution in [2.45, 2.75) is 25.3 Å². The van der Waals surface area contributed by atoms with E-state index in [0.717, 1.165) is 44.8 Å². The number of nitriles is 1. The summed E-state index contributed by atoms with van der Waals surface area (Å²) in [6.45, 7) is 5.58. The Kier molecular flexibility index (Phi) is 4.49. The van der Waals surface area contributed by atoms with Gasteiger partial charge in [0.25, 0.3) is 0 Å². The van der Waals surface area contributed by atoms with E-state index in [0.29, 0.717) is 12.5 Å². The summed E-state index contributed by atoms with van der Waals surface area (Å²) in [5.74, 6) is 1.26. The Bertz CT molecular complexity index is 587. The Hall–Kier alpha value is -2.13. The second kappa shape index (κ2) is 6.55. The lowest BCUT2D eigenvalue weighted by Gasteiger charge is -2.35. The molecular formula is C17H23N5O. The van der Waals surface area contributed by atoms with Crippen LogP contribution in [-0.2, 0) is 4.79 Å². The zero-order valence-corrected chi connectivity index (χ0v) is 13.5. The summed E-state index contributed by atoms with van der Waals surface area (Å²) >= 11 is 0. The molecule has 1 aliphatic carbocycles. The lowest BCUT2D eigenvalue weighted by atomic mass is 9.98. The summed E-state index contributed by atoms with van der Waals surface area (Å²) < 4.78 is 0. The normalized spacial score (nSPS) is 21.3. The van der Waals surface area contributed by atoms with Crippen molar-refractivity contribution >= 4 is 11.7 Å². The van der Waals surface area contributed by atoms with E-state index < -0.39 is 5.54 Å². The van der Waals surface area contributed by atoms with Gasteiger partial charge in [-0.15, -0.1) is 0 Å². The third-order valence-electron chi connectivity index (χ3n) is 4.74. The molecule has 0 aromatic carbocycles. The van der Waals surface area contributed by atoms with Gasteiger partial charge in [-0.3, -0.25) is 9.69 Å². The number of amides is 1. The molecule has 2 aliphatic rings. The molecule has 23 heavy (non-hydrogen) atoms. The van der Waals surface area contributed by atoms with E-state index >= 15 is 0 Å². The molecule has 1 N–H and O–H groups in total. The van der Waals surface area contributed by atoms with Crippen molar-refractivity contribution < 1.29 is 4.79 Å². The minimum atomic E-state index is -0.702. The number of piperazine rings is 1. The number of nitrogens with one attached hydrogen (secondary N) is 1. The second-order valence-corrected chi connectivity index (χ2v) is 6.59. The third kappa shape index (κ3) is 3.80. The first-order valence-corrected chi connectivity index (χ1v) is 8.21. The van der Waals surface area contributed by atoms with Gasteiger partial charge in [-0.05, 0) is 37.8 Å². The first-order valence-electron chi connectivity index (χ1n) is 8.21. The number of nitrogens with zero attached hydrogens (tertiary/aromatic N) is 4. The molecule has 6 nitrogen and oxygen atoms in total. The van der Waals surface area contributed by atoms with Gasteiger partial charge in [-0.25, -0.2) is 4.98 Å². The predicted octanol–water partition coefficient (Wildman–Crippen LogP) is 1.01. The summed E-state index contributed by atoms with van der Waals surface area (Å²) in [7, 11) is 0. The van der Waals surface area contributed by atoms with Crippen LogP contribution in [0.2, 0.25) is 0 Å². The maximum absolute atomic E-state index is 12.2. The van der Waals surface area contributed by atoms with E-state index in [-0.39, 0.29) is 5.91 Å². The van der Waals surface area contributed by atoms with Crippen molar-refractivity contribution in [1.29, 1.82) is 5.26 Å². The molecule has 1 aromatic rings. The summed E-state index contributed by atoms with van der Waals surface area (Å²) in [4.78, 5) is 21.0. The standard InChI is InChI=1S/C17H23N5O/c1-17(13-18,14-5-6-14)20-16(23)12-21-8-10-22(11-9-21)15-4-2-3-7-19-15/h2-4,7,14H,5-6,8-12H2,1H3,(H,20,23). The molecule has 1 amide bonds. The van der Waals surface area contributed by atoms with Crippen LogP contribution < -0.4 is 10.2 Å². The topological polar surface area (TPSA) is 72.3 Å². The molecule has 1 aromatic heterocycles. The highest BCUT2D eigenvalue weighted by Gasteiger charge is 2.43. The fourth-order valence-electron chi connectivity index (χ4n) is 3.09. The summed E-state index contributed by atoms with van der Waals surface area (Å²) in [5.41, 5.74) is -0.702. The van der Waals surface area contributed by atoms with E-state index in [1.807, 2.05) is 25.1 Å². The third-order valence-corrected chi connectivity index (χ3v) is 4.74. The minimum absolute atomic E-state index is 0.0489. The summed E-state index contributed by atoms with van der Waals surface area (Å²) in [6, 6.07) is 8.18. The van der Waals surface area contributed by atoms with E-state index in [4.69, 9.17) is 0 Å². The fourth-order valence-corrected chi connectivity index (χ4v) is 3.09. The Morgan fingerprint density at radius 2 is 2.13 bits per heavy atom. The number of rotatable bonds is 5. The monoisotopic (exact) mass is 313 g/mol. The van der Waals surface area contributed by atoms with Crippen LogP contribution in [0.15, 0.2) is 24.4 Å². The quantitative estimate of drug-likeness (QED) is 0.878. The number of anilines is 1. The average Bonchev–Trinajstić information content (AvgIpc) is 3.41. The van der Waals surface area contributed by atoms with Crippen LogP contribution in [0.5, 0.6) is 0 Å². The molecule has 1 atom stereocenters. The number of pyridine rings is 1.